The molecule has 4 aromatic carbocycles. The molecule has 0 fully saturated rings. The topological polar surface area (TPSA) is 29.0 Å². The average Bonchev–Trinajstić information content (AvgIpc) is 2.85. The molecule has 6 rings (SSSR count). The van der Waals surface area contributed by atoms with Gasteiger partial charge >= 0.3 is 0 Å². The summed E-state index contributed by atoms with van der Waals surface area (Å²) in [5, 5.41) is 8.03. The Balaban J connectivity index is 1.44. The van der Waals surface area contributed by atoms with E-state index in [1.54, 1.807) is 0 Å². The van der Waals surface area contributed by atoms with Crippen molar-refractivity contribution in [3.8, 4) is 0 Å². The molecule has 2 aromatic heterocycles. The Labute approximate surface area is 187 Å². The molecule has 0 aliphatic rings. The minimum absolute atomic E-state index is 0.868. The van der Waals surface area contributed by atoms with Crippen molar-refractivity contribution in [2.24, 2.45) is 0 Å². The summed E-state index contributed by atoms with van der Waals surface area (Å²) in [6.07, 6.45) is 7.48. The highest BCUT2D eigenvalue weighted by Gasteiger charge is 2.14. The smallest absolute Gasteiger partial charge is 0.0271 e. The quantitative estimate of drug-likeness (QED) is 0.289. The number of nitrogens with zero attached hydrogens (tertiary/aromatic N) is 3. The molecule has 3 heteroatoms. The van der Waals surface area contributed by atoms with Gasteiger partial charge in [-0.2, -0.15) is 0 Å². The molecule has 0 aliphatic carbocycles. The van der Waals surface area contributed by atoms with E-state index in [0.717, 1.165) is 19.6 Å². The molecule has 2 heterocycles. The molecule has 0 saturated carbocycles. The highest BCUT2D eigenvalue weighted by molar-refractivity contribution is 6.23. The average molecular weight is 414 g/mol. The molecule has 0 unspecified atom stereocenters. The highest BCUT2D eigenvalue weighted by atomic mass is 15.1. The number of benzene rings is 4. The van der Waals surface area contributed by atoms with Crippen molar-refractivity contribution in [1.29, 1.82) is 0 Å². The number of rotatable bonds is 6. The second-order valence-electron chi connectivity index (χ2n) is 8.44. The molecule has 3 nitrogen and oxygen atoms in total. The SMILES string of the molecule is c1cc2ccc3ccc(CN(Cc4ccncc4)Cc4ccncc4)c4ccc(c1)c2c34. The third-order valence-electron chi connectivity index (χ3n) is 6.32. The molecule has 0 saturated heterocycles. The zero-order valence-corrected chi connectivity index (χ0v) is 17.8. The monoisotopic (exact) mass is 413 g/mol. The van der Waals surface area contributed by atoms with Crippen LogP contribution in [0, 0.1) is 0 Å². The molecular weight excluding hydrogens is 390 g/mol. The van der Waals surface area contributed by atoms with E-state index in [9.17, 15) is 0 Å². The van der Waals surface area contributed by atoms with Gasteiger partial charge in [0.25, 0.3) is 0 Å². The Morgan fingerprint density at radius 3 is 1.66 bits per heavy atom. The van der Waals surface area contributed by atoms with Crippen molar-refractivity contribution in [1.82, 2.24) is 14.9 Å². The van der Waals surface area contributed by atoms with Crippen LogP contribution in [0.1, 0.15) is 16.7 Å². The molecule has 154 valence electrons. The number of pyridine rings is 2. The summed E-state index contributed by atoms with van der Waals surface area (Å²) in [4.78, 5) is 10.9. The van der Waals surface area contributed by atoms with E-state index in [4.69, 9.17) is 0 Å². The minimum Gasteiger partial charge on any atom is -0.291 e. The summed E-state index contributed by atoms with van der Waals surface area (Å²) in [7, 11) is 0. The van der Waals surface area contributed by atoms with Crippen LogP contribution in [0.5, 0.6) is 0 Å². The molecular formula is C29H23N3. The van der Waals surface area contributed by atoms with Crippen LogP contribution < -0.4 is 0 Å². The molecule has 0 atom stereocenters. The summed E-state index contributed by atoms with van der Waals surface area (Å²) < 4.78 is 0. The van der Waals surface area contributed by atoms with Crippen LogP contribution in [-0.2, 0) is 19.6 Å². The van der Waals surface area contributed by atoms with E-state index >= 15 is 0 Å². The lowest BCUT2D eigenvalue weighted by molar-refractivity contribution is 0.248. The Morgan fingerprint density at radius 1 is 0.500 bits per heavy atom. The summed E-state index contributed by atoms with van der Waals surface area (Å²) >= 11 is 0. The predicted octanol–water partition coefficient (Wildman–Crippen LogP) is 6.58. The van der Waals surface area contributed by atoms with Gasteiger partial charge in [0.2, 0.25) is 0 Å². The summed E-state index contributed by atoms with van der Waals surface area (Å²) in [5.74, 6) is 0. The predicted molar refractivity (Wildman–Crippen MR) is 132 cm³/mol. The summed E-state index contributed by atoms with van der Waals surface area (Å²) in [5.41, 5.74) is 3.90. The van der Waals surface area contributed by atoms with Crippen LogP contribution in [0.15, 0.2) is 104 Å². The third-order valence-corrected chi connectivity index (χ3v) is 6.32. The van der Waals surface area contributed by atoms with Gasteiger partial charge in [-0.25, -0.2) is 0 Å². The zero-order valence-electron chi connectivity index (χ0n) is 17.8. The van der Waals surface area contributed by atoms with Crippen molar-refractivity contribution in [2.45, 2.75) is 19.6 Å². The minimum atomic E-state index is 0.868. The first-order valence-corrected chi connectivity index (χ1v) is 11.0. The van der Waals surface area contributed by atoms with E-state index in [0.29, 0.717) is 0 Å². The van der Waals surface area contributed by atoms with Gasteiger partial charge < -0.3 is 0 Å². The molecule has 0 aliphatic heterocycles. The van der Waals surface area contributed by atoms with Crippen LogP contribution in [-0.4, -0.2) is 14.9 Å². The van der Waals surface area contributed by atoms with Gasteiger partial charge in [0, 0.05) is 44.4 Å². The number of aromatic nitrogens is 2. The number of hydrogen-bond donors (Lipinski definition) is 0. The lowest BCUT2D eigenvalue weighted by Crippen LogP contribution is -2.22. The fraction of sp³-hybridized carbons (Fsp3) is 0.103. The van der Waals surface area contributed by atoms with Crippen molar-refractivity contribution in [3.63, 3.8) is 0 Å². The second kappa shape index (κ2) is 8.03. The van der Waals surface area contributed by atoms with Crippen LogP contribution in [0.3, 0.4) is 0 Å². The molecule has 0 amide bonds. The molecule has 0 radical (unpaired) electrons. The Morgan fingerprint density at radius 2 is 1.03 bits per heavy atom. The van der Waals surface area contributed by atoms with Gasteiger partial charge in [-0.05, 0) is 73.3 Å². The first kappa shape index (κ1) is 18.9. The Bertz CT molecular complexity index is 1440. The van der Waals surface area contributed by atoms with Crippen LogP contribution in [0.25, 0.3) is 32.3 Å². The molecule has 6 aromatic rings. The maximum absolute atomic E-state index is 4.18. The van der Waals surface area contributed by atoms with Gasteiger partial charge in [0.1, 0.15) is 0 Å². The first-order chi connectivity index (χ1) is 15.8. The maximum Gasteiger partial charge on any atom is 0.0271 e. The molecule has 0 N–H and O–H groups in total. The Hall–Kier alpha value is -3.82. The van der Waals surface area contributed by atoms with E-state index in [2.05, 4.69) is 93.7 Å². The van der Waals surface area contributed by atoms with E-state index in [-0.39, 0.29) is 0 Å². The Kier molecular flexibility index (Phi) is 4.74. The standard InChI is InChI=1S/C29H23N3/c1-2-23-4-5-25-6-7-26(27-9-8-24(3-1)28(23)29(25)27)20-32(18-21-10-14-30-15-11-21)19-22-12-16-31-17-13-22/h1-17H,18-20H2. The summed E-state index contributed by atoms with van der Waals surface area (Å²) in [6, 6.07) is 28.6. The van der Waals surface area contributed by atoms with E-state index < -0.39 is 0 Å². The third kappa shape index (κ3) is 3.47. The zero-order chi connectivity index (χ0) is 21.3. The van der Waals surface area contributed by atoms with Crippen molar-refractivity contribution >= 4 is 32.3 Å². The second-order valence-corrected chi connectivity index (χ2v) is 8.44. The fourth-order valence-electron chi connectivity index (χ4n) is 4.83. The first-order valence-electron chi connectivity index (χ1n) is 11.0. The van der Waals surface area contributed by atoms with Gasteiger partial charge in [-0.15, -0.1) is 0 Å². The molecule has 32 heavy (non-hydrogen) atoms. The number of hydrogen-bond acceptors (Lipinski definition) is 3. The van der Waals surface area contributed by atoms with Crippen LogP contribution in [0.4, 0.5) is 0 Å². The van der Waals surface area contributed by atoms with Gasteiger partial charge in [-0.1, -0.05) is 54.6 Å². The van der Waals surface area contributed by atoms with Gasteiger partial charge in [-0.3, -0.25) is 14.9 Å². The lowest BCUT2D eigenvalue weighted by atomic mass is 9.92. The maximum atomic E-state index is 4.18. The largest absolute Gasteiger partial charge is 0.291 e. The van der Waals surface area contributed by atoms with Crippen LogP contribution >= 0.6 is 0 Å². The van der Waals surface area contributed by atoms with E-state index in [1.807, 2.05) is 24.8 Å². The lowest BCUT2D eigenvalue weighted by Gasteiger charge is -2.24. The van der Waals surface area contributed by atoms with Gasteiger partial charge in [0.05, 0.1) is 0 Å². The van der Waals surface area contributed by atoms with Crippen molar-refractivity contribution < 1.29 is 0 Å². The molecule has 0 bridgehead atoms. The fourth-order valence-corrected chi connectivity index (χ4v) is 4.83. The van der Waals surface area contributed by atoms with Gasteiger partial charge in [0.15, 0.2) is 0 Å². The van der Waals surface area contributed by atoms with E-state index in [1.165, 1.54) is 49.0 Å². The molecule has 0 spiro atoms. The summed E-state index contributed by atoms with van der Waals surface area (Å²) in [6.45, 7) is 2.61. The van der Waals surface area contributed by atoms with Crippen molar-refractivity contribution in [2.75, 3.05) is 0 Å². The van der Waals surface area contributed by atoms with Crippen LogP contribution in [0.2, 0.25) is 0 Å². The highest BCUT2D eigenvalue weighted by Crippen LogP contribution is 2.36. The van der Waals surface area contributed by atoms with Crippen molar-refractivity contribution in [3.05, 3.63) is 120 Å². The normalized spacial score (nSPS) is 11.8.